The lowest BCUT2D eigenvalue weighted by Crippen LogP contribution is -2.37. The molecule has 0 aliphatic rings. The lowest BCUT2D eigenvalue weighted by Gasteiger charge is -2.29. The molecular weight excluding hydrogens is 393 g/mol. The molecule has 1 heterocycles. The van der Waals surface area contributed by atoms with Crippen LogP contribution in [0.1, 0.15) is 38.6 Å². The summed E-state index contributed by atoms with van der Waals surface area (Å²) in [5.41, 5.74) is 0.291. The van der Waals surface area contributed by atoms with Crippen molar-refractivity contribution in [2.75, 3.05) is 6.54 Å². The molecule has 6 nitrogen and oxygen atoms in total. The molecule has 0 spiro atoms. The number of hydrogen-bond donors (Lipinski definition) is 0. The molecule has 0 bridgehead atoms. The fraction of sp³-hybridized carbons (Fsp3) is 0.333. The van der Waals surface area contributed by atoms with Crippen LogP contribution in [0.25, 0.3) is 10.9 Å². The van der Waals surface area contributed by atoms with Gasteiger partial charge in [-0.3, -0.25) is 9.36 Å². The minimum absolute atomic E-state index is 0.00708. The summed E-state index contributed by atoms with van der Waals surface area (Å²) in [4.78, 5) is 17.4. The Hall–Kier alpha value is -2.58. The summed E-state index contributed by atoms with van der Waals surface area (Å²) in [6.45, 7) is 3.95. The Labute approximate surface area is 169 Å². The monoisotopic (exact) mass is 417 g/mol. The summed E-state index contributed by atoms with van der Waals surface area (Å²) in [5, 5.41) is 0.479. The third kappa shape index (κ3) is 4.09. The summed E-state index contributed by atoms with van der Waals surface area (Å²) in [5.74, 6) is -0.147. The zero-order valence-electron chi connectivity index (χ0n) is 16.7. The first-order valence-corrected chi connectivity index (χ1v) is 10.9. The molecule has 0 N–H and O–H groups in total. The number of fused-ring (bicyclic) bond motifs is 1. The van der Waals surface area contributed by atoms with Gasteiger partial charge in [-0.05, 0) is 49.7 Å². The summed E-state index contributed by atoms with van der Waals surface area (Å²) in [6.07, 6.45) is 1.44. The van der Waals surface area contributed by atoms with Crippen molar-refractivity contribution >= 4 is 20.9 Å². The summed E-state index contributed by atoms with van der Waals surface area (Å²) >= 11 is 0. The van der Waals surface area contributed by atoms with E-state index in [1.54, 1.807) is 38.2 Å². The minimum Gasteiger partial charge on any atom is -0.298 e. The van der Waals surface area contributed by atoms with E-state index in [0.29, 0.717) is 23.1 Å². The van der Waals surface area contributed by atoms with Gasteiger partial charge in [-0.2, -0.15) is 4.31 Å². The van der Waals surface area contributed by atoms with E-state index in [-0.39, 0.29) is 17.0 Å². The first-order valence-electron chi connectivity index (χ1n) is 9.50. The van der Waals surface area contributed by atoms with Crippen molar-refractivity contribution in [1.29, 1.82) is 0 Å². The lowest BCUT2D eigenvalue weighted by molar-refractivity contribution is 0.319. The molecule has 0 saturated heterocycles. The van der Waals surface area contributed by atoms with Gasteiger partial charge in [0.15, 0.2) is 0 Å². The maximum absolute atomic E-state index is 13.3. The highest BCUT2D eigenvalue weighted by Gasteiger charge is 2.32. The fourth-order valence-electron chi connectivity index (χ4n) is 3.32. The number of halogens is 1. The second-order valence-electron chi connectivity index (χ2n) is 6.95. The number of hydrogen-bond acceptors (Lipinski definition) is 4. The summed E-state index contributed by atoms with van der Waals surface area (Å²) in [6, 6.07) is 11.1. The van der Waals surface area contributed by atoms with Crippen LogP contribution in [0.3, 0.4) is 0 Å². The van der Waals surface area contributed by atoms with Crippen molar-refractivity contribution in [2.45, 2.75) is 37.6 Å². The second-order valence-corrected chi connectivity index (χ2v) is 8.84. The summed E-state index contributed by atoms with van der Waals surface area (Å²) in [7, 11) is -2.32. The molecule has 1 unspecified atom stereocenters. The number of nitrogens with zero attached hydrogens (tertiary/aromatic N) is 3. The predicted molar refractivity (Wildman–Crippen MR) is 111 cm³/mol. The zero-order valence-corrected chi connectivity index (χ0v) is 17.5. The zero-order chi connectivity index (χ0) is 21.2. The number of sulfonamides is 1. The van der Waals surface area contributed by atoms with E-state index in [2.05, 4.69) is 4.98 Å². The minimum atomic E-state index is -3.91. The normalized spacial score (nSPS) is 13.1. The molecule has 2 aromatic carbocycles. The van der Waals surface area contributed by atoms with Crippen LogP contribution < -0.4 is 5.56 Å². The highest BCUT2D eigenvalue weighted by Crippen LogP contribution is 2.27. The van der Waals surface area contributed by atoms with Crippen LogP contribution in [0.5, 0.6) is 0 Å². The number of unbranched alkanes of at least 4 members (excludes halogenated alkanes) is 1. The maximum atomic E-state index is 13.3. The largest absolute Gasteiger partial charge is 0.298 e. The van der Waals surface area contributed by atoms with Crippen LogP contribution in [0.4, 0.5) is 4.39 Å². The van der Waals surface area contributed by atoms with Gasteiger partial charge in [0.2, 0.25) is 10.0 Å². The van der Waals surface area contributed by atoms with Crippen LogP contribution in [0.15, 0.2) is 58.2 Å². The number of benzene rings is 2. The van der Waals surface area contributed by atoms with Crippen molar-refractivity contribution in [3.63, 3.8) is 0 Å². The molecule has 0 aliphatic heterocycles. The Balaban J connectivity index is 2.12. The van der Waals surface area contributed by atoms with Crippen LogP contribution in [0.2, 0.25) is 0 Å². The highest BCUT2D eigenvalue weighted by atomic mass is 32.2. The van der Waals surface area contributed by atoms with Gasteiger partial charge in [0, 0.05) is 13.6 Å². The molecule has 0 radical (unpaired) electrons. The van der Waals surface area contributed by atoms with E-state index in [1.807, 2.05) is 6.92 Å². The van der Waals surface area contributed by atoms with Crippen molar-refractivity contribution in [3.8, 4) is 0 Å². The Kier molecular flexibility index (Phi) is 6.14. The first kappa shape index (κ1) is 21.1. The van der Waals surface area contributed by atoms with Crippen molar-refractivity contribution < 1.29 is 12.8 Å². The van der Waals surface area contributed by atoms with Gasteiger partial charge in [-0.1, -0.05) is 25.5 Å². The number of para-hydroxylation sites is 1. The third-order valence-corrected chi connectivity index (χ3v) is 6.96. The van der Waals surface area contributed by atoms with E-state index in [0.717, 1.165) is 18.6 Å². The average Bonchev–Trinajstić information content (AvgIpc) is 2.71. The van der Waals surface area contributed by atoms with E-state index in [1.165, 1.54) is 21.0 Å². The molecule has 0 saturated carbocycles. The molecule has 0 amide bonds. The van der Waals surface area contributed by atoms with Gasteiger partial charge in [0.1, 0.15) is 11.6 Å². The van der Waals surface area contributed by atoms with E-state index < -0.39 is 21.9 Å². The molecule has 29 heavy (non-hydrogen) atoms. The standard InChI is InChI=1S/C21H24FN3O3S/c1-4-5-14-25(29(27,28)17-12-10-16(22)11-13-17)15(2)20-23-19-9-7-6-8-18(19)21(26)24(20)3/h6-13,15H,4-5,14H2,1-3H3. The Morgan fingerprint density at radius 1 is 1.14 bits per heavy atom. The average molecular weight is 418 g/mol. The van der Waals surface area contributed by atoms with E-state index >= 15 is 0 Å². The molecule has 1 aromatic heterocycles. The van der Waals surface area contributed by atoms with Crippen molar-refractivity contribution in [2.24, 2.45) is 7.05 Å². The third-order valence-electron chi connectivity index (χ3n) is 4.98. The second kappa shape index (κ2) is 8.42. The van der Waals surface area contributed by atoms with Gasteiger partial charge in [0.25, 0.3) is 5.56 Å². The molecule has 3 aromatic rings. The highest BCUT2D eigenvalue weighted by molar-refractivity contribution is 7.89. The van der Waals surface area contributed by atoms with Gasteiger partial charge < -0.3 is 0 Å². The topological polar surface area (TPSA) is 72.3 Å². The van der Waals surface area contributed by atoms with Crippen LogP contribution >= 0.6 is 0 Å². The van der Waals surface area contributed by atoms with Crippen LogP contribution in [-0.2, 0) is 17.1 Å². The Morgan fingerprint density at radius 3 is 2.45 bits per heavy atom. The first-order chi connectivity index (χ1) is 13.8. The molecule has 0 fully saturated rings. The number of aromatic nitrogens is 2. The maximum Gasteiger partial charge on any atom is 0.261 e. The molecule has 1 atom stereocenters. The van der Waals surface area contributed by atoms with E-state index in [4.69, 9.17) is 0 Å². The predicted octanol–water partition coefficient (Wildman–Crippen LogP) is 3.62. The van der Waals surface area contributed by atoms with Gasteiger partial charge in [0.05, 0.1) is 21.8 Å². The Morgan fingerprint density at radius 2 is 1.79 bits per heavy atom. The van der Waals surface area contributed by atoms with E-state index in [9.17, 15) is 17.6 Å². The fourth-order valence-corrected chi connectivity index (χ4v) is 4.95. The number of rotatable bonds is 7. The molecule has 8 heteroatoms. The quantitative estimate of drug-likeness (QED) is 0.589. The smallest absolute Gasteiger partial charge is 0.261 e. The van der Waals surface area contributed by atoms with Crippen LogP contribution in [-0.4, -0.2) is 28.8 Å². The van der Waals surface area contributed by atoms with Gasteiger partial charge in [-0.25, -0.2) is 17.8 Å². The molecule has 3 rings (SSSR count). The van der Waals surface area contributed by atoms with Crippen molar-refractivity contribution in [3.05, 3.63) is 70.5 Å². The van der Waals surface area contributed by atoms with Crippen molar-refractivity contribution in [1.82, 2.24) is 13.9 Å². The molecule has 0 aliphatic carbocycles. The SMILES string of the molecule is CCCCN(C(C)c1nc2ccccc2c(=O)n1C)S(=O)(=O)c1ccc(F)cc1. The summed E-state index contributed by atoms with van der Waals surface area (Å²) < 4.78 is 42.6. The van der Waals surface area contributed by atoms with Crippen LogP contribution in [0, 0.1) is 5.82 Å². The van der Waals surface area contributed by atoms with Gasteiger partial charge in [-0.15, -0.1) is 0 Å². The Bertz CT molecular complexity index is 1170. The molecular formula is C21H24FN3O3S. The van der Waals surface area contributed by atoms with Gasteiger partial charge >= 0.3 is 0 Å². The lowest BCUT2D eigenvalue weighted by atomic mass is 10.2. The molecule has 154 valence electrons.